The minimum absolute atomic E-state index is 0.187. The molecule has 0 aliphatic heterocycles. The monoisotopic (exact) mass is 184 g/mol. The van der Waals surface area contributed by atoms with Crippen LogP contribution in [0.15, 0.2) is 0 Å². The first-order valence-corrected chi connectivity index (χ1v) is 5.12. The first-order chi connectivity index (χ1) is 6.15. The lowest BCUT2D eigenvalue weighted by Crippen LogP contribution is -2.42. The molecule has 3 heteroatoms. The molecule has 1 amide bonds. The summed E-state index contributed by atoms with van der Waals surface area (Å²) >= 11 is 0. The molecule has 1 aliphatic carbocycles. The average Bonchev–Trinajstić information content (AvgIpc) is 2.49. The van der Waals surface area contributed by atoms with E-state index in [1.165, 1.54) is 6.42 Å². The second kappa shape index (κ2) is 4.61. The van der Waals surface area contributed by atoms with E-state index in [1.807, 2.05) is 20.9 Å². The molecule has 76 valence electrons. The molecule has 0 radical (unpaired) electrons. The van der Waals surface area contributed by atoms with E-state index in [-0.39, 0.29) is 17.9 Å². The highest BCUT2D eigenvalue weighted by Gasteiger charge is 2.31. The summed E-state index contributed by atoms with van der Waals surface area (Å²) in [6.45, 7) is 4.00. The third kappa shape index (κ3) is 2.69. The van der Waals surface area contributed by atoms with Crippen LogP contribution in [0.5, 0.6) is 0 Å². The molecular weight excluding hydrogens is 164 g/mol. The highest BCUT2D eigenvalue weighted by Crippen LogP contribution is 2.25. The molecule has 0 aromatic heterocycles. The zero-order valence-electron chi connectivity index (χ0n) is 8.76. The molecule has 0 heterocycles. The van der Waals surface area contributed by atoms with Crippen LogP contribution in [-0.2, 0) is 4.79 Å². The number of carbonyl (C=O) groups is 1. The van der Waals surface area contributed by atoms with Gasteiger partial charge in [-0.25, -0.2) is 0 Å². The summed E-state index contributed by atoms with van der Waals surface area (Å²) in [7, 11) is 1.94. The van der Waals surface area contributed by atoms with Crippen molar-refractivity contribution in [3.05, 3.63) is 0 Å². The van der Waals surface area contributed by atoms with Crippen LogP contribution in [0.4, 0.5) is 0 Å². The summed E-state index contributed by atoms with van der Waals surface area (Å²) < 4.78 is 0. The Balaban J connectivity index is 2.45. The fourth-order valence-corrected chi connectivity index (χ4v) is 2.01. The number of amides is 1. The van der Waals surface area contributed by atoms with Gasteiger partial charge in [0.2, 0.25) is 5.91 Å². The van der Waals surface area contributed by atoms with Crippen molar-refractivity contribution in [2.75, 3.05) is 7.05 Å². The Morgan fingerprint density at radius 2 is 2.08 bits per heavy atom. The van der Waals surface area contributed by atoms with Crippen LogP contribution in [0, 0.1) is 5.92 Å². The second-order valence-corrected chi connectivity index (χ2v) is 4.10. The van der Waals surface area contributed by atoms with Gasteiger partial charge in [-0.2, -0.15) is 0 Å². The van der Waals surface area contributed by atoms with Crippen molar-refractivity contribution >= 4 is 5.91 Å². The van der Waals surface area contributed by atoms with Gasteiger partial charge in [-0.1, -0.05) is 6.42 Å². The van der Waals surface area contributed by atoms with E-state index in [9.17, 15) is 4.79 Å². The molecule has 1 saturated carbocycles. The Hall–Kier alpha value is -0.570. The van der Waals surface area contributed by atoms with Gasteiger partial charge in [0.15, 0.2) is 0 Å². The van der Waals surface area contributed by atoms with E-state index in [2.05, 4.69) is 10.6 Å². The lowest BCUT2D eigenvalue weighted by molar-refractivity contribution is -0.125. The van der Waals surface area contributed by atoms with Crippen molar-refractivity contribution in [3.63, 3.8) is 0 Å². The van der Waals surface area contributed by atoms with Crippen LogP contribution >= 0.6 is 0 Å². The van der Waals surface area contributed by atoms with Crippen molar-refractivity contribution in [2.45, 2.75) is 45.2 Å². The second-order valence-electron chi connectivity index (χ2n) is 4.10. The molecule has 0 bridgehead atoms. The lowest BCUT2D eigenvalue weighted by atomic mass is 10.0. The maximum Gasteiger partial charge on any atom is 0.224 e. The molecule has 13 heavy (non-hydrogen) atoms. The van der Waals surface area contributed by atoms with E-state index < -0.39 is 0 Å². The topological polar surface area (TPSA) is 41.1 Å². The maximum absolute atomic E-state index is 11.7. The summed E-state index contributed by atoms with van der Waals surface area (Å²) in [5, 5.41) is 6.18. The van der Waals surface area contributed by atoms with Crippen molar-refractivity contribution in [3.8, 4) is 0 Å². The first kappa shape index (κ1) is 10.5. The molecular formula is C10H20N2O. The molecule has 1 rings (SSSR count). The minimum atomic E-state index is 0.187. The zero-order chi connectivity index (χ0) is 9.84. The Bertz CT molecular complexity index is 180. The van der Waals surface area contributed by atoms with E-state index in [1.54, 1.807) is 0 Å². The highest BCUT2D eigenvalue weighted by atomic mass is 16.2. The molecule has 0 spiro atoms. The maximum atomic E-state index is 11.7. The number of hydrogen-bond donors (Lipinski definition) is 2. The molecule has 3 nitrogen and oxygen atoms in total. The summed E-state index contributed by atoms with van der Waals surface area (Å²) in [5.41, 5.74) is 0. The quantitative estimate of drug-likeness (QED) is 0.684. The minimum Gasteiger partial charge on any atom is -0.354 e. The van der Waals surface area contributed by atoms with Gasteiger partial charge in [0.1, 0.15) is 0 Å². The zero-order valence-corrected chi connectivity index (χ0v) is 8.76. The standard InChI is InChI=1S/C10H20N2O/c1-7(2)12-10(13)8-5-4-6-9(8)11-3/h7-9,11H,4-6H2,1-3H3,(H,12,13). The van der Waals surface area contributed by atoms with E-state index >= 15 is 0 Å². The Kier molecular flexibility index (Phi) is 3.72. The van der Waals surface area contributed by atoms with Gasteiger partial charge >= 0.3 is 0 Å². The fraction of sp³-hybridized carbons (Fsp3) is 0.900. The third-order valence-corrected chi connectivity index (χ3v) is 2.65. The van der Waals surface area contributed by atoms with E-state index in [0.29, 0.717) is 6.04 Å². The lowest BCUT2D eigenvalue weighted by Gasteiger charge is -2.19. The molecule has 2 atom stereocenters. The first-order valence-electron chi connectivity index (χ1n) is 5.12. The summed E-state index contributed by atoms with van der Waals surface area (Å²) in [6.07, 6.45) is 3.33. The summed E-state index contributed by atoms with van der Waals surface area (Å²) in [6, 6.07) is 0.643. The molecule has 0 aromatic rings. The average molecular weight is 184 g/mol. The normalized spacial score (nSPS) is 28.0. The van der Waals surface area contributed by atoms with E-state index in [0.717, 1.165) is 12.8 Å². The van der Waals surface area contributed by atoms with Crippen molar-refractivity contribution < 1.29 is 4.79 Å². The molecule has 0 aromatic carbocycles. The van der Waals surface area contributed by atoms with Crippen LogP contribution in [0.25, 0.3) is 0 Å². The van der Waals surface area contributed by atoms with Crippen molar-refractivity contribution in [2.24, 2.45) is 5.92 Å². The molecule has 1 fully saturated rings. The van der Waals surface area contributed by atoms with Crippen LogP contribution in [-0.4, -0.2) is 25.0 Å². The Morgan fingerprint density at radius 1 is 1.38 bits per heavy atom. The predicted molar refractivity (Wildman–Crippen MR) is 53.5 cm³/mol. The van der Waals surface area contributed by atoms with Crippen LogP contribution < -0.4 is 10.6 Å². The number of carbonyl (C=O) groups excluding carboxylic acids is 1. The summed E-state index contributed by atoms with van der Waals surface area (Å²) in [4.78, 5) is 11.7. The third-order valence-electron chi connectivity index (χ3n) is 2.65. The number of hydrogen-bond acceptors (Lipinski definition) is 2. The molecule has 1 aliphatic rings. The molecule has 2 unspecified atom stereocenters. The largest absolute Gasteiger partial charge is 0.354 e. The van der Waals surface area contributed by atoms with Gasteiger partial charge in [0, 0.05) is 12.1 Å². The van der Waals surface area contributed by atoms with Crippen LogP contribution in [0.2, 0.25) is 0 Å². The van der Waals surface area contributed by atoms with Crippen molar-refractivity contribution in [1.82, 2.24) is 10.6 Å². The smallest absolute Gasteiger partial charge is 0.224 e. The van der Waals surface area contributed by atoms with E-state index in [4.69, 9.17) is 0 Å². The molecule has 2 N–H and O–H groups in total. The van der Waals surface area contributed by atoms with Gasteiger partial charge in [-0.3, -0.25) is 4.79 Å². The number of rotatable bonds is 3. The van der Waals surface area contributed by atoms with Crippen LogP contribution in [0.3, 0.4) is 0 Å². The Morgan fingerprint density at radius 3 is 2.62 bits per heavy atom. The predicted octanol–water partition coefficient (Wildman–Crippen LogP) is 0.899. The fourth-order valence-electron chi connectivity index (χ4n) is 2.01. The Labute approximate surface area is 80.3 Å². The van der Waals surface area contributed by atoms with Gasteiger partial charge in [-0.05, 0) is 33.7 Å². The summed E-state index contributed by atoms with van der Waals surface area (Å²) in [5.74, 6) is 0.402. The SMILES string of the molecule is CNC1CCCC1C(=O)NC(C)C. The van der Waals surface area contributed by atoms with Gasteiger partial charge < -0.3 is 10.6 Å². The molecule has 0 saturated heterocycles. The van der Waals surface area contributed by atoms with Gasteiger partial charge in [-0.15, -0.1) is 0 Å². The van der Waals surface area contributed by atoms with Crippen molar-refractivity contribution in [1.29, 1.82) is 0 Å². The van der Waals surface area contributed by atoms with Crippen LogP contribution in [0.1, 0.15) is 33.1 Å². The van der Waals surface area contributed by atoms with Gasteiger partial charge in [0.25, 0.3) is 0 Å². The number of nitrogens with one attached hydrogen (secondary N) is 2. The highest BCUT2D eigenvalue weighted by molar-refractivity contribution is 5.79. The van der Waals surface area contributed by atoms with Gasteiger partial charge in [0.05, 0.1) is 5.92 Å².